The lowest BCUT2D eigenvalue weighted by molar-refractivity contribution is -0.384. The standard InChI is InChI=1S/C12H19N3O4S/c1-3-9(4-2)8-14-20(18,19)12-6-5-10(15(16)17)7-11(12)13/h5-7,9,14H,3-4,8,13H2,1-2H3. The molecule has 0 unspecified atom stereocenters. The zero-order valence-electron chi connectivity index (χ0n) is 11.5. The molecule has 7 nitrogen and oxygen atoms in total. The fraction of sp³-hybridized carbons (Fsp3) is 0.500. The molecule has 1 aromatic rings. The van der Waals surface area contributed by atoms with E-state index in [-0.39, 0.29) is 22.2 Å². The number of hydrogen-bond acceptors (Lipinski definition) is 5. The number of nitrogens with zero attached hydrogens (tertiary/aromatic N) is 1. The Kier molecular flexibility index (Phi) is 5.46. The fourth-order valence-corrected chi connectivity index (χ4v) is 3.00. The first-order valence-corrected chi connectivity index (χ1v) is 7.83. The molecule has 0 spiro atoms. The van der Waals surface area contributed by atoms with Gasteiger partial charge in [-0.05, 0) is 12.0 Å². The molecule has 1 aromatic carbocycles. The van der Waals surface area contributed by atoms with Gasteiger partial charge in [0, 0.05) is 18.7 Å². The average molecular weight is 301 g/mol. The fourth-order valence-electron chi connectivity index (χ4n) is 1.78. The van der Waals surface area contributed by atoms with Gasteiger partial charge in [0.2, 0.25) is 10.0 Å². The highest BCUT2D eigenvalue weighted by Gasteiger charge is 2.20. The van der Waals surface area contributed by atoms with Crippen molar-refractivity contribution in [1.82, 2.24) is 4.72 Å². The monoisotopic (exact) mass is 301 g/mol. The molecule has 0 saturated carbocycles. The highest BCUT2D eigenvalue weighted by molar-refractivity contribution is 7.89. The van der Waals surface area contributed by atoms with Gasteiger partial charge in [0.15, 0.2) is 0 Å². The van der Waals surface area contributed by atoms with Gasteiger partial charge in [0.1, 0.15) is 4.90 Å². The van der Waals surface area contributed by atoms with Gasteiger partial charge in [-0.15, -0.1) is 0 Å². The van der Waals surface area contributed by atoms with Crippen molar-refractivity contribution < 1.29 is 13.3 Å². The lowest BCUT2D eigenvalue weighted by Gasteiger charge is -2.14. The summed E-state index contributed by atoms with van der Waals surface area (Å²) in [5.74, 6) is 0.254. The Morgan fingerprint density at radius 3 is 2.40 bits per heavy atom. The van der Waals surface area contributed by atoms with Gasteiger partial charge in [0.25, 0.3) is 5.69 Å². The summed E-state index contributed by atoms with van der Waals surface area (Å²) >= 11 is 0. The van der Waals surface area contributed by atoms with Crippen LogP contribution in [0.25, 0.3) is 0 Å². The average Bonchev–Trinajstić information content (AvgIpc) is 2.39. The van der Waals surface area contributed by atoms with Crippen LogP contribution in [-0.4, -0.2) is 19.9 Å². The minimum absolute atomic E-state index is 0.128. The maximum atomic E-state index is 12.1. The smallest absolute Gasteiger partial charge is 0.271 e. The van der Waals surface area contributed by atoms with E-state index in [0.29, 0.717) is 6.54 Å². The Hall–Kier alpha value is -1.67. The Balaban J connectivity index is 2.95. The van der Waals surface area contributed by atoms with E-state index >= 15 is 0 Å². The molecule has 112 valence electrons. The first-order valence-electron chi connectivity index (χ1n) is 6.35. The van der Waals surface area contributed by atoms with Crippen molar-refractivity contribution in [2.24, 2.45) is 5.92 Å². The summed E-state index contributed by atoms with van der Waals surface area (Å²) in [7, 11) is -3.75. The molecule has 0 aliphatic carbocycles. The van der Waals surface area contributed by atoms with Crippen LogP contribution in [0.4, 0.5) is 11.4 Å². The Morgan fingerprint density at radius 1 is 1.35 bits per heavy atom. The van der Waals surface area contributed by atoms with Crippen LogP contribution in [0.5, 0.6) is 0 Å². The van der Waals surface area contributed by atoms with Crippen LogP contribution < -0.4 is 10.5 Å². The van der Waals surface area contributed by atoms with Crippen molar-refractivity contribution >= 4 is 21.4 Å². The van der Waals surface area contributed by atoms with E-state index in [1.54, 1.807) is 0 Å². The van der Waals surface area contributed by atoms with Crippen LogP contribution in [0.3, 0.4) is 0 Å². The van der Waals surface area contributed by atoms with Crippen molar-refractivity contribution in [1.29, 1.82) is 0 Å². The summed E-state index contributed by atoms with van der Waals surface area (Å²) in [5.41, 5.74) is 5.23. The number of hydrogen-bond donors (Lipinski definition) is 2. The highest BCUT2D eigenvalue weighted by Crippen LogP contribution is 2.23. The Bertz CT molecular complexity index is 582. The number of nitro benzene ring substituents is 1. The summed E-state index contributed by atoms with van der Waals surface area (Å²) in [6.45, 7) is 4.30. The molecular weight excluding hydrogens is 282 g/mol. The van der Waals surface area contributed by atoms with Crippen molar-refractivity contribution in [3.05, 3.63) is 28.3 Å². The van der Waals surface area contributed by atoms with Crippen LogP contribution in [0.1, 0.15) is 26.7 Å². The largest absolute Gasteiger partial charge is 0.397 e. The number of non-ortho nitro benzene ring substituents is 1. The van der Waals surface area contributed by atoms with E-state index in [1.807, 2.05) is 13.8 Å². The van der Waals surface area contributed by atoms with E-state index in [2.05, 4.69) is 4.72 Å². The van der Waals surface area contributed by atoms with Gasteiger partial charge >= 0.3 is 0 Å². The lowest BCUT2D eigenvalue weighted by Crippen LogP contribution is -2.29. The third-order valence-corrected chi connectivity index (χ3v) is 4.71. The first kappa shape index (κ1) is 16.4. The molecule has 0 heterocycles. The minimum Gasteiger partial charge on any atom is -0.397 e. The van der Waals surface area contributed by atoms with Crippen LogP contribution >= 0.6 is 0 Å². The van der Waals surface area contributed by atoms with Crippen LogP contribution in [0, 0.1) is 16.0 Å². The number of anilines is 1. The quantitative estimate of drug-likeness (QED) is 0.453. The molecule has 20 heavy (non-hydrogen) atoms. The topological polar surface area (TPSA) is 115 Å². The molecule has 0 radical (unpaired) electrons. The summed E-state index contributed by atoms with van der Waals surface area (Å²) in [6.07, 6.45) is 1.74. The third-order valence-electron chi connectivity index (χ3n) is 3.21. The molecule has 0 amide bonds. The second-order valence-corrected chi connectivity index (χ2v) is 6.25. The molecule has 8 heteroatoms. The molecule has 0 bridgehead atoms. The zero-order valence-corrected chi connectivity index (χ0v) is 12.3. The minimum atomic E-state index is -3.75. The maximum absolute atomic E-state index is 12.1. The summed E-state index contributed by atoms with van der Waals surface area (Å²) in [6, 6.07) is 3.33. The van der Waals surface area contributed by atoms with Gasteiger partial charge in [-0.2, -0.15) is 0 Å². The van der Waals surface area contributed by atoms with Crippen molar-refractivity contribution in [3.8, 4) is 0 Å². The molecule has 0 fully saturated rings. The maximum Gasteiger partial charge on any atom is 0.271 e. The normalized spacial score (nSPS) is 11.8. The second kappa shape index (κ2) is 6.67. The predicted octanol–water partition coefficient (Wildman–Crippen LogP) is 1.89. The lowest BCUT2D eigenvalue weighted by atomic mass is 10.0. The van der Waals surface area contributed by atoms with Crippen molar-refractivity contribution in [3.63, 3.8) is 0 Å². The molecule has 0 saturated heterocycles. The molecule has 0 aliphatic heterocycles. The van der Waals surface area contributed by atoms with E-state index < -0.39 is 14.9 Å². The van der Waals surface area contributed by atoms with Gasteiger partial charge in [0.05, 0.1) is 10.6 Å². The molecule has 3 N–H and O–H groups in total. The van der Waals surface area contributed by atoms with E-state index in [0.717, 1.165) is 31.0 Å². The number of benzene rings is 1. The van der Waals surface area contributed by atoms with Crippen LogP contribution in [0.15, 0.2) is 23.1 Å². The predicted molar refractivity (Wildman–Crippen MR) is 76.8 cm³/mol. The molecule has 0 atom stereocenters. The molecule has 0 aliphatic rings. The van der Waals surface area contributed by atoms with Gasteiger partial charge in [-0.3, -0.25) is 10.1 Å². The molecule has 0 aromatic heterocycles. The third kappa shape index (κ3) is 3.91. The van der Waals surface area contributed by atoms with E-state index in [1.165, 1.54) is 0 Å². The van der Waals surface area contributed by atoms with Gasteiger partial charge in [-0.25, -0.2) is 13.1 Å². The first-order chi connectivity index (χ1) is 9.31. The molecule has 1 rings (SSSR count). The van der Waals surface area contributed by atoms with Gasteiger partial charge in [-0.1, -0.05) is 26.7 Å². The number of nitrogen functional groups attached to an aromatic ring is 1. The Morgan fingerprint density at radius 2 is 1.95 bits per heavy atom. The summed E-state index contributed by atoms with van der Waals surface area (Å²) in [4.78, 5) is 9.84. The number of nitrogens with one attached hydrogen (secondary N) is 1. The Labute approximate surface area is 118 Å². The SMILES string of the molecule is CCC(CC)CNS(=O)(=O)c1ccc([N+](=O)[O-])cc1N. The van der Waals surface area contributed by atoms with Crippen molar-refractivity contribution in [2.75, 3.05) is 12.3 Å². The van der Waals surface area contributed by atoms with Crippen LogP contribution in [-0.2, 0) is 10.0 Å². The highest BCUT2D eigenvalue weighted by atomic mass is 32.2. The number of rotatable bonds is 7. The summed E-state index contributed by atoms with van der Waals surface area (Å²) in [5, 5.41) is 10.6. The summed E-state index contributed by atoms with van der Waals surface area (Å²) < 4.78 is 26.7. The molecular formula is C12H19N3O4S. The van der Waals surface area contributed by atoms with E-state index in [9.17, 15) is 18.5 Å². The number of sulfonamides is 1. The zero-order chi connectivity index (χ0) is 15.3. The number of nitro groups is 1. The van der Waals surface area contributed by atoms with Crippen molar-refractivity contribution in [2.45, 2.75) is 31.6 Å². The van der Waals surface area contributed by atoms with Crippen LogP contribution in [0.2, 0.25) is 0 Å². The number of nitrogens with two attached hydrogens (primary N) is 1. The van der Waals surface area contributed by atoms with Gasteiger partial charge < -0.3 is 5.73 Å². The van der Waals surface area contributed by atoms with E-state index in [4.69, 9.17) is 5.73 Å². The second-order valence-electron chi connectivity index (χ2n) is 4.51.